The van der Waals surface area contributed by atoms with Gasteiger partial charge in [-0.1, -0.05) is 0 Å². The van der Waals surface area contributed by atoms with Crippen LogP contribution in [-0.2, 0) is 0 Å². The Balaban J connectivity index is 2.03. The molecule has 0 radical (unpaired) electrons. The van der Waals surface area contributed by atoms with Gasteiger partial charge in [0.05, 0.1) is 18.1 Å². The van der Waals surface area contributed by atoms with Crippen LogP contribution in [0.2, 0.25) is 0 Å². The molecule has 1 fully saturated rings. The second-order valence-corrected chi connectivity index (χ2v) is 5.12. The fraction of sp³-hybridized carbons (Fsp3) is 0.571. The maximum Gasteiger partial charge on any atom is 0.296 e. The van der Waals surface area contributed by atoms with Gasteiger partial charge in [0, 0.05) is 46.3 Å². The van der Waals surface area contributed by atoms with Gasteiger partial charge in [0.25, 0.3) is 5.69 Å². The van der Waals surface area contributed by atoms with Crippen molar-refractivity contribution in [2.24, 2.45) is 0 Å². The third-order valence-electron chi connectivity index (χ3n) is 3.75. The van der Waals surface area contributed by atoms with Crippen LogP contribution in [0.3, 0.4) is 0 Å². The summed E-state index contributed by atoms with van der Waals surface area (Å²) >= 11 is 0. The highest BCUT2D eigenvalue weighted by atomic mass is 16.6. The highest BCUT2D eigenvalue weighted by molar-refractivity contribution is 5.65. The Hall–Kier alpha value is -1.86. The molecule has 1 aliphatic rings. The summed E-state index contributed by atoms with van der Waals surface area (Å²) < 4.78 is 5.06. The number of nitrogens with one attached hydrogen (secondary N) is 1. The van der Waals surface area contributed by atoms with Crippen LogP contribution in [-0.4, -0.2) is 63.2 Å². The van der Waals surface area contributed by atoms with E-state index in [-0.39, 0.29) is 10.6 Å². The van der Waals surface area contributed by atoms with Gasteiger partial charge in [-0.25, -0.2) is 0 Å². The second-order valence-electron chi connectivity index (χ2n) is 5.12. The molecule has 0 saturated carbocycles. The van der Waals surface area contributed by atoms with Crippen LogP contribution in [0.25, 0.3) is 0 Å². The van der Waals surface area contributed by atoms with Crippen molar-refractivity contribution in [3.05, 3.63) is 28.3 Å². The number of rotatable bonds is 6. The van der Waals surface area contributed by atoms with Gasteiger partial charge in [-0.3, -0.25) is 15.0 Å². The summed E-state index contributed by atoms with van der Waals surface area (Å²) in [7, 11) is 3.39. The van der Waals surface area contributed by atoms with Crippen molar-refractivity contribution < 1.29 is 9.66 Å². The first-order valence-electron chi connectivity index (χ1n) is 7.08. The zero-order chi connectivity index (χ0) is 15.2. The summed E-state index contributed by atoms with van der Waals surface area (Å²) in [6.07, 6.45) is 0. The lowest BCUT2D eigenvalue weighted by Crippen LogP contribution is -2.46. The molecule has 0 aliphatic carbocycles. The average Bonchev–Trinajstić information content (AvgIpc) is 2.52. The van der Waals surface area contributed by atoms with Crippen molar-refractivity contribution in [2.45, 2.75) is 0 Å². The summed E-state index contributed by atoms with van der Waals surface area (Å²) in [4.78, 5) is 15.1. The largest absolute Gasteiger partial charge is 0.496 e. The zero-order valence-electron chi connectivity index (χ0n) is 12.5. The van der Waals surface area contributed by atoms with E-state index in [9.17, 15) is 10.1 Å². The standard InChI is InChI=1S/C14H22N4O3/c1-16(9-10-17-7-5-15-6-8-17)13-4-3-12(21-2)11-14(13)18(19)20/h3-4,11,15H,5-10H2,1-2H3. The van der Waals surface area contributed by atoms with Crippen molar-refractivity contribution in [1.82, 2.24) is 10.2 Å². The van der Waals surface area contributed by atoms with Crippen LogP contribution in [0.5, 0.6) is 5.75 Å². The Labute approximate surface area is 124 Å². The van der Waals surface area contributed by atoms with E-state index in [1.165, 1.54) is 13.2 Å². The number of anilines is 1. The molecule has 0 bridgehead atoms. The van der Waals surface area contributed by atoms with E-state index >= 15 is 0 Å². The molecule has 116 valence electrons. The summed E-state index contributed by atoms with van der Waals surface area (Å²) in [6, 6.07) is 4.97. The monoisotopic (exact) mass is 294 g/mol. The maximum atomic E-state index is 11.2. The number of hydrogen-bond donors (Lipinski definition) is 1. The summed E-state index contributed by atoms with van der Waals surface area (Å²) in [5.74, 6) is 0.501. The zero-order valence-corrected chi connectivity index (χ0v) is 12.5. The summed E-state index contributed by atoms with van der Waals surface area (Å²) in [5, 5.41) is 14.5. The lowest BCUT2D eigenvalue weighted by atomic mass is 10.2. The lowest BCUT2D eigenvalue weighted by molar-refractivity contribution is -0.384. The number of piperazine rings is 1. The topological polar surface area (TPSA) is 70.9 Å². The molecule has 7 nitrogen and oxygen atoms in total. The minimum Gasteiger partial charge on any atom is -0.496 e. The van der Waals surface area contributed by atoms with Gasteiger partial charge in [0.15, 0.2) is 0 Å². The molecule has 0 unspecified atom stereocenters. The smallest absolute Gasteiger partial charge is 0.296 e. The summed E-state index contributed by atoms with van der Waals surface area (Å²) in [5.41, 5.74) is 0.702. The Kier molecular flexibility index (Phi) is 5.35. The number of nitro benzene ring substituents is 1. The Morgan fingerprint density at radius 3 is 2.76 bits per heavy atom. The first-order chi connectivity index (χ1) is 10.1. The van der Waals surface area contributed by atoms with Crippen molar-refractivity contribution in [3.8, 4) is 5.75 Å². The minimum atomic E-state index is -0.362. The maximum absolute atomic E-state index is 11.2. The molecular formula is C14H22N4O3. The number of ether oxygens (including phenoxy) is 1. The molecule has 21 heavy (non-hydrogen) atoms. The van der Waals surface area contributed by atoms with E-state index < -0.39 is 0 Å². The molecule has 1 saturated heterocycles. The molecular weight excluding hydrogens is 272 g/mol. The lowest BCUT2D eigenvalue weighted by Gasteiger charge is -2.29. The number of nitrogens with zero attached hydrogens (tertiary/aromatic N) is 3. The first-order valence-corrected chi connectivity index (χ1v) is 7.08. The number of hydrogen-bond acceptors (Lipinski definition) is 6. The first kappa shape index (κ1) is 15.5. The normalized spacial score (nSPS) is 15.7. The van der Waals surface area contributed by atoms with Gasteiger partial charge in [-0.15, -0.1) is 0 Å². The SMILES string of the molecule is COc1ccc(N(C)CCN2CCNCC2)c([N+](=O)[O-])c1. The van der Waals surface area contributed by atoms with Crippen LogP contribution >= 0.6 is 0 Å². The number of nitro groups is 1. The van der Waals surface area contributed by atoms with Crippen LogP contribution in [0.4, 0.5) is 11.4 Å². The number of methoxy groups -OCH3 is 1. The van der Waals surface area contributed by atoms with Gasteiger partial charge >= 0.3 is 0 Å². The molecule has 7 heteroatoms. The van der Waals surface area contributed by atoms with E-state index in [1.54, 1.807) is 12.1 Å². The predicted octanol–water partition coefficient (Wildman–Crippen LogP) is 0.945. The Morgan fingerprint density at radius 2 is 2.14 bits per heavy atom. The van der Waals surface area contributed by atoms with Gasteiger partial charge in [-0.2, -0.15) is 0 Å². The Morgan fingerprint density at radius 1 is 1.43 bits per heavy atom. The van der Waals surface area contributed by atoms with E-state index in [0.29, 0.717) is 11.4 Å². The third-order valence-corrected chi connectivity index (χ3v) is 3.75. The molecule has 1 aromatic carbocycles. The minimum absolute atomic E-state index is 0.0807. The van der Waals surface area contributed by atoms with Crippen LogP contribution < -0.4 is 15.0 Å². The highest BCUT2D eigenvalue weighted by Gasteiger charge is 2.19. The van der Waals surface area contributed by atoms with E-state index in [0.717, 1.165) is 39.3 Å². The molecule has 1 aromatic rings. The predicted molar refractivity (Wildman–Crippen MR) is 82.2 cm³/mol. The van der Waals surface area contributed by atoms with Crippen molar-refractivity contribution >= 4 is 11.4 Å². The molecule has 0 spiro atoms. The van der Waals surface area contributed by atoms with E-state index in [4.69, 9.17) is 4.74 Å². The molecule has 0 atom stereocenters. The fourth-order valence-corrected chi connectivity index (χ4v) is 2.45. The fourth-order valence-electron chi connectivity index (χ4n) is 2.45. The third kappa shape index (κ3) is 4.05. The van der Waals surface area contributed by atoms with Crippen LogP contribution in [0.15, 0.2) is 18.2 Å². The van der Waals surface area contributed by atoms with E-state index in [2.05, 4.69) is 10.2 Å². The quantitative estimate of drug-likeness (QED) is 0.622. The van der Waals surface area contributed by atoms with Gasteiger partial charge in [0.2, 0.25) is 0 Å². The van der Waals surface area contributed by atoms with Crippen molar-refractivity contribution in [2.75, 3.05) is 58.3 Å². The molecule has 2 rings (SSSR count). The second kappa shape index (κ2) is 7.24. The van der Waals surface area contributed by atoms with Crippen LogP contribution in [0, 0.1) is 10.1 Å². The molecule has 0 aromatic heterocycles. The van der Waals surface area contributed by atoms with Crippen LogP contribution in [0.1, 0.15) is 0 Å². The summed E-state index contributed by atoms with van der Waals surface area (Å²) in [6.45, 7) is 5.73. The molecule has 1 aliphatic heterocycles. The van der Waals surface area contributed by atoms with Crippen molar-refractivity contribution in [1.29, 1.82) is 0 Å². The number of benzene rings is 1. The Bertz CT molecular complexity index is 489. The van der Waals surface area contributed by atoms with Gasteiger partial charge in [0.1, 0.15) is 11.4 Å². The van der Waals surface area contributed by atoms with Crippen molar-refractivity contribution in [3.63, 3.8) is 0 Å². The van der Waals surface area contributed by atoms with Gasteiger partial charge < -0.3 is 15.0 Å². The molecule has 1 heterocycles. The average molecular weight is 294 g/mol. The highest BCUT2D eigenvalue weighted by Crippen LogP contribution is 2.31. The molecule has 1 N–H and O–H groups in total. The van der Waals surface area contributed by atoms with E-state index in [1.807, 2.05) is 11.9 Å². The van der Waals surface area contributed by atoms with Gasteiger partial charge in [-0.05, 0) is 12.1 Å². The number of likely N-dealkylation sites (N-methyl/N-ethyl adjacent to an activating group) is 1. The molecule has 0 amide bonds.